The molecule has 0 radical (unpaired) electrons. The van der Waals surface area contributed by atoms with Gasteiger partial charge in [-0.3, -0.25) is 4.79 Å². The molecule has 1 spiro atoms. The molecule has 3 aliphatic rings. The van der Waals surface area contributed by atoms with Gasteiger partial charge in [0, 0.05) is 5.41 Å². The van der Waals surface area contributed by atoms with Gasteiger partial charge < -0.3 is 9.47 Å². The zero-order chi connectivity index (χ0) is 9.97. The number of alkyl halides is 1. The number of carbonyl (C=O) groups is 1. The normalized spacial score (nSPS) is 45.9. The van der Waals surface area contributed by atoms with Crippen molar-refractivity contribution in [2.75, 3.05) is 7.11 Å². The van der Waals surface area contributed by atoms with Crippen molar-refractivity contribution in [2.24, 2.45) is 5.41 Å². The Hall–Kier alpha value is -0.540. The summed E-state index contributed by atoms with van der Waals surface area (Å²) in [5.74, 6) is -0.353. The lowest BCUT2D eigenvalue weighted by Crippen LogP contribution is -2.49. The molecule has 4 heteroatoms. The summed E-state index contributed by atoms with van der Waals surface area (Å²) in [5.41, 5.74) is -0.179. The van der Waals surface area contributed by atoms with E-state index in [1.807, 2.05) is 12.2 Å². The smallest absolute Gasteiger partial charge is 0.330 e. The van der Waals surface area contributed by atoms with E-state index < -0.39 is 4.87 Å². The Balaban J connectivity index is 2.07. The molecule has 3 rings (SSSR count). The maximum Gasteiger partial charge on any atom is 0.330 e. The van der Waals surface area contributed by atoms with Gasteiger partial charge in [-0.15, -0.1) is 11.6 Å². The number of hydrogen-bond acceptors (Lipinski definition) is 3. The molecule has 2 heterocycles. The van der Waals surface area contributed by atoms with Crippen LogP contribution in [0, 0.1) is 5.41 Å². The number of esters is 1. The zero-order valence-electron chi connectivity index (χ0n) is 7.83. The van der Waals surface area contributed by atoms with Crippen LogP contribution in [0.4, 0.5) is 0 Å². The van der Waals surface area contributed by atoms with E-state index in [2.05, 4.69) is 0 Å². The average molecular weight is 215 g/mol. The molecule has 1 aliphatic carbocycles. The van der Waals surface area contributed by atoms with E-state index in [1.54, 1.807) is 0 Å². The van der Waals surface area contributed by atoms with Crippen molar-refractivity contribution in [3.05, 3.63) is 12.2 Å². The van der Waals surface area contributed by atoms with Crippen LogP contribution in [0.5, 0.6) is 0 Å². The van der Waals surface area contributed by atoms with E-state index in [4.69, 9.17) is 21.1 Å². The Labute approximate surface area is 87.0 Å². The van der Waals surface area contributed by atoms with Gasteiger partial charge in [-0.1, -0.05) is 12.2 Å². The molecule has 1 saturated carbocycles. The van der Waals surface area contributed by atoms with Crippen LogP contribution in [0.3, 0.4) is 0 Å². The predicted octanol–water partition coefficient (Wildman–Crippen LogP) is 1.25. The number of halogens is 1. The Morgan fingerprint density at radius 3 is 2.71 bits per heavy atom. The van der Waals surface area contributed by atoms with Gasteiger partial charge in [0.1, 0.15) is 6.10 Å². The topological polar surface area (TPSA) is 35.5 Å². The largest absolute Gasteiger partial charge is 0.468 e. The fourth-order valence-corrected chi connectivity index (χ4v) is 3.23. The van der Waals surface area contributed by atoms with Crippen molar-refractivity contribution < 1.29 is 14.3 Å². The summed E-state index contributed by atoms with van der Waals surface area (Å²) in [4.78, 5) is 10.7. The third kappa shape index (κ3) is 0.695. The standard InChI is InChI=1S/C10H11ClO3/c1-13-8(12)10(11)7-3-2-6(14-7)9(10)4-5-9/h2-3,6-7H,4-5H2,1H3/t6-,7+,10+/m0/s1. The first-order valence-electron chi connectivity index (χ1n) is 4.76. The molecule has 2 bridgehead atoms. The lowest BCUT2D eigenvalue weighted by atomic mass is 9.79. The van der Waals surface area contributed by atoms with Crippen LogP contribution < -0.4 is 0 Å². The maximum atomic E-state index is 11.7. The van der Waals surface area contributed by atoms with Crippen LogP contribution in [0.1, 0.15) is 12.8 Å². The maximum absolute atomic E-state index is 11.7. The van der Waals surface area contributed by atoms with Crippen LogP contribution in [-0.4, -0.2) is 30.2 Å². The fourth-order valence-electron chi connectivity index (χ4n) is 2.73. The zero-order valence-corrected chi connectivity index (χ0v) is 8.58. The number of fused-ring (bicyclic) bond motifs is 3. The summed E-state index contributed by atoms with van der Waals surface area (Å²) in [5, 5.41) is 0. The van der Waals surface area contributed by atoms with Crippen molar-refractivity contribution in [1.82, 2.24) is 0 Å². The van der Waals surface area contributed by atoms with E-state index in [1.165, 1.54) is 7.11 Å². The van der Waals surface area contributed by atoms with Gasteiger partial charge in [-0.25, -0.2) is 0 Å². The summed E-state index contributed by atoms with van der Waals surface area (Å²) in [6, 6.07) is 0. The first-order valence-corrected chi connectivity index (χ1v) is 5.14. The molecule has 0 aromatic heterocycles. The molecular formula is C10H11ClO3. The highest BCUT2D eigenvalue weighted by atomic mass is 35.5. The molecule has 0 N–H and O–H groups in total. The molecule has 3 nitrogen and oxygen atoms in total. The first kappa shape index (κ1) is 8.74. The predicted molar refractivity (Wildman–Crippen MR) is 50.1 cm³/mol. The lowest BCUT2D eigenvalue weighted by Gasteiger charge is -2.30. The number of carbonyl (C=O) groups excluding carboxylic acids is 1. The van der Waals surface area contributed by atoms with Gasteiger partial charge in [0.25, 0.3) is 0 Å². The number of hydrogen-bond donors (Lipinski definition) is 0. The minimum Gasteiger partial charge on any atom is -0.468 e. The molecule has 0 aromatic rings. The van der Waals surface area contributed by atoms with Gasteiger partial charge in [0.2, 0.25) is 0 Å². The van der Waals surface area contributed by atoms with Gasteiger partial charge >= 0.3 is 5.97 Å². The summed E-state index contributed by atoms with van der Waals surface area (Å²) in [7, 11) is 1.37. The number of methoxy groups -OCH3 is 1. The molecule has 0 unspecified atom stereocenters. The van der Waals surface area contributed by atoms with Crippen LogP contribution in [0.2, 0.25) is 0 Å². The van der Waals surface area contributed by atoms with Crippen molar-refractivity contribution in [3.8, 4) is 0 Å². The molecule has 76 valence electrons. The molecular weight excluding hydrogens is 204 g/mol. The Morgan fingerprint density at radius 2 is 2.14 bits per heavy atom. The quantitative estimate of drug-likeness (QED) is 0.375. The van der Waals surface area contributed by atoms with E-state index >= 15 is 0 Å². The highest BCUT2D eigenvalue weighted by Gasteiger charge is 2.76. The Kier molecular flexibility index (Phi) is 1.46. The number of ether oxygens (including phenoxy) is 2. The molecule has 14 heavy (non-hydrogen) atoms. The summed E-state index contributed by atoms with van der Waals surface area (Å²) < 4.78 is 10.4. The minimum absolute atomic E-state index is 0.0177. The first-order chi connectivity index (χ1) is 6.65. The summed E-state index contributed by atoms with van der Waals surface area (Å²) in [6.07, 6.45) is 5.52. The Morgan fingerprint density at radius 1 is 1.50 bits per heavy atom. The monoisotopic (exact) mass is 214 g/mol. The molecule has 2 aliphatic heterocycles. The van der Waals surface area contributed by atoms with E-state index in [0.717, 1.165) is 12.8 Å². The second-order valence-corrected chi connectivity index (χ2v) is 4.82. The van der Waals surface area contributed by atoms with Gasteiger partial charge in [0.05, 0.1) is 13.2 Å². The second-order valence-electron chi connectivity index (χ2n) is 4.22. The van der Waals surface area contributed by atoms with Crippen molar-refractivity contribution in [3.63, 3.8) is 0 Å². The van der Waals surface area contributed by atoms with Crippen LogP contribution in [0.25, 0.3) is 0 Å². The highest BCUT2D eigenvalue weighted by molar-refractivity contribution is 6.36. The average Bonchev–Trinajstić information content (AvgIpc) is 2.78. The minimum atomic E-state index is -0.971. The molecule has 0 aromatic carbocycles. The lowest BCUT2D eigenvalue weighted by molar-refractivity contribution is -0.146. The highest BCUT2D eigenvalue weighted by Crippen LogP contribution is 2.68. The molecule has 1 saturated heterocycles. The summed E-state index contributed by atoms with van der Waals surface area (Å²) >= 11 is 6.42. The molecule has 2 fully saturated rings. The second kappa shape index (κ2) is 2.34. The van der Waals surface area contributed by atoms with Gasteiger partial charge in [-0.2, -0.15) is 0 Å². The van der Waals surface area contributed by atoms with Crippen molar-refractivity contribution >= 4 is 17.6 Å². The van der Waals surface area contributed by atoms with Gasteiger partial charge in [0.15, 0.2) is 4.87 Å². The van der Waals surface area contributed by atoms with Gasteiger partial charge in [-0.05, 0) is 12.8 Å². The van der Waals surface area contributed by atoms with E-state index in [0.29, 0.717) is 0 Å². The van der Waals surface area contributed by atoms with Crippen molar-refractivity contribution in [1.29, 1.82) is 0 Å². The number of rotatable bonds is 1. The van der Waals surface area contributed by atoms with Crippen LogP contribution in [0.15, 0.2) is 12.2 Å². The third-order valence-corrected chi connectivity index (χ3v) is 4.43. The fraction of sp³-hybridized carbons (Fsp3) is 0.700. The van der Waals surface area contributed by atoms with Crippen molar-refractivity contribution in [2.45, 2.75) is 29.9 Å². The van der Waals surface area contributed by atoms with E-state index in [-0.39, 0.29) is 23.6 Å². The summed E-state index contributed by atoms with van der Waals surface area (Å²) in [6.45, 7) is 0. The Bertz CT molecular complexity index is 334. The molecule has 0 amide bonds. The van der Waals surface area contributed by atoms with E-state index in [9.17, 15) is 4.79 Å². The van der Waals surface area contributed by atoms with Crippen LogP contribution >= 0.6 is 11.6 Å². The third-order valence-electron chi connectivity index (χ3n) is 3.69. The molecule has 3 atom stereocenters. The van der Waals surface area contributed by atoms with Crippen LogP contribution in [-0.2, 0) is 14.3 Å². The SMILES string of the molecule is COC(=O)[C@]1(Cl)[C@H]2C=C[C@H](O2)C12CC2.